The molecule has 0 bridgehead atoms. The molecule has 0 radical (unpaired) electrons. The van der Waals surface area contributed by atoms with Gasteiger partial charge in [-0.3, -0.25) is 0 Å². The molecule has 2 rings (SSSR count). The fourth-order valence-electron chi connectivity index (χ4n) is 1.43. The van der Waals surface area contributed by atoms with Gasteiger partial charge < -0.3 is 10.2 Å². The maximum Gasteiger partial charge on any atom is 0.142 e. The van der Waals surface area contributed by atoms with E-state index in [9.17, 15) is 5.11 Å². The minimum atomic E-state index is -0.0169. The highest BCUT2D eigenvalue weighted by molar-refractivity contribution is 6.36. The summed E-state index contributed by atoms with van der Waals surface area (Å²) in [6, 6.07) is 9.51. The molecule has 4 heteroatoms. The largest absolute Gasteiger partial charge is 0.508 e. The molecule has 0 aliphatic carbocycles. The molecule has 0 saturated carbocycles. The van der Waals surface area contributed by atoms with Gasteiger partial charge in [0.25, 0.3) is 0 Å². The summed E-state index contributed by atoms with van der Waals surface area (Å²) in [5, 5.41) is 19.6. The van der Waals surface area contributed by atoms with E-state index >= 15 is 0 Å². The molecule has 0 heterocycles. The molecule has 0 atom stereocenters. The molecule has 0 saturated heterocycles. The van der Waals surface area contributed by atoms with E-state index in [0.29, 0.717) is 10.6 Å². The van der Waals surface area contributed by atoms with Gasteiger partial charge in [0.15, 0.2) is 0 Å². The Morgan fingerprint density at radius 1 is 0.875 bits per heavy atom. The van der Waals surface area contributed by atoms with Crippen LogP contribution in [0.3, 0.4) is 0 Å². The van der Waals surface area contributed by atoms with Crippen molar-refractivity contribution in [2.45, 2.75) is 0 Å². The molecule has 2 nitrogen and oxygen atoms in total. The molecular formula is C12H8Cl2O2. The normalized spacial score (nSPS) is 10.4. The summed E-state index contributed by atoms with van der Waals surface area (Å²) < 4.78 is 0. The molecule has 2 aromatic carbocycles. The third-order valence-corrected chi connectivity index (χ3v) is 2.71. The van der Waals surface area contributed by atoms with Crippen LogP contribution >= 0.6 is 23.2 Å². The SMILES string of the molecule is Oc1ccc(-c2cc(Cl)cc(Cl)c2O)cc1. The Kier molecular flexibility index (Phi) is 2.95. The fraction of sp³-hybridized carbons (Fsp3) is 0. The van der Waals surface area contributed by atoms with Crippen molar-refractivity contribution in [3.8, 4) is 22.6 Å². The Bertz CT molecular complexity index is 521. The highest BCUT2D eigenvalue weighted by Gasteiger charge is 2.09. The quantitative estimate of drug-likeness (QED) is 0.806. The number of phenolic OH excluding ortho intramolecular Hbond substituents is 2. The lowest BCUT2D eigenvalue weighted by Gasteiger charge is -2.07. The number of rotatable bonds is 1. The van der Waals surface area contributed by atoms with Crippen LogP contribution < -0.4 is 0 Å². The van der Waals surface area contributed by atoms with Gasteiger partial charge in [-0.05, 0) is 29.8 Å². The van der Waals surface area contributed by atoms with Crippen molar-refractivity contribution in [1.82, 2.24) is 0 Å². The molecule has 0 aliphatic rings. The topological polar surface area (TPSA) is 40.5 Å². The van der Waals surface area contributed by atoms with E-state index in [-0.39, 0.29) is 16.5 Å². The molecule has 0 unspecified atom stereocenters. The van der Waals surface area contributed by atoms with Gasteiger partial charge in [0.1, 0.15) is 11.5 Å². The monoisotopic (exact) mass is 254 g/mol. The van der Waals surface area contributed by atoms with E-state index in [1.54, 1.807) is 18.2 Å². The Morgan fingerprint density at radius 3 is 2.12 bits per heavy atom. The van der Waals surface area contributed by atoms with Crippen LogP contribution in [0.15, 0.2) is 36.4 Å². The summed E-state index contributed by atoms with van der Waals surface area (Å²) in [6.45, 7) is 0. The molecule has 0 spiro atoms. The van der Waals surface area contributed by atoms with Gasteiger partial charge in [-0.1, -0.05) is 35.3 Å². The first-order valence-electron chi connectivity index (χ1n) is 4.55. The van der Waals surface area contributed by atoms with E-state index in [1.807, 2.05) is 0 Å². The standard InChI is InChI=1S/C12H8Cl2O2/c13-8-5-10(12(16)11(14)6-8)7-1-3-9(15)4-2-7/h1-6,15-16H. The predicted molar refractivity (Wildman–Crippen MR) is 65.2 cm³/mol. The van der Waals surface area contributed by atoms with Crippen LogP contribution in [0, 0.1) is 0 Å². The first kappa shape index (κ1) is 11.1. The lowest BCUT2D eigenvalue weighted by atomic mass is 10.0. The maximum atomic E-state index is 9.79. The highest BCUT2D eigenvalue weighted by atomic mass is 35.5. The Morgan fingerprint density at radius 2 is 1.50 bits per heavy atom. The zero-order valence-electron chi connectivity index (χ0n) is 8.11. The van der Waals surface area contributed by atoms with E-state index in [0.717, 1.165) is 5.56 Å². The second kappa shape index (κ2) is 4.24. The van der Waals surface area contributed by atoms with E-state index < -0.39 is 0 Å². The van der Waals surface area contributed by atoms with Gasteiger partial charge in [-0.2, -0.15) is 0 Å². The van der Waals surface area contributed by atoms with Crippen molar-refractivity contribution in [1.29, 1.82) is 0 Å². The average molecular weight is 255 g/mol. The highest BCUT2D eigenvalue weighted by Crippen LogP contribution is 2.38. The summed E-state index contributed by atoms with van der Waals surface area (Å²) in [5.74, 6) is 0.146. The number of phenols is 2. The molecule has 0 amide bonds. The van der Waals surface area contributed by atoms with E-state index in [4.69, 9.17) is 28.3 Å². The van der Waals surface area contributed by atoms with Gasteiger partial charge in [0.05, 0.1) is 5.02 Å². The number of benzene rings is 2. The second-order valence-electron chi connectivity index (χ2n) is 3.33. The zero-order chi connectivity index (χ0) is 11.7. The molecule has 0 aromatic heterocycles. The lowest BCUT2D eigenvalue weighted by molar-refractivity contribution is 0.474. The predicted octanol–water partition coefficient (Wildman–Crippen LogP) is 4.07. The van der Waals surface area contributed by atoms with Crippen molar-refractivity contribution in [2.24, 2.45) is 0 Å². The fourth-order valence-corrected chi connectivity index (χ4v) is 1.92. The van der Waals surface area contributed by atoms with Gasteiger partial charge in [0, 0.05) is 10.6 Å². The smallest absolute Gasteiger partial charge is 0.142 e. The van der Waals surface area contributed by atoms with Gasteiger partial charge in [-0.15, -0.1) is 0 Å². The molecule has 2 aromatic rings. The minimum absolute atomic E-state index is 0.0169. The van der Waals surface area contributed by atoms with Crippen LogP contribution in [0.25, 0.3) is 11.1 Å². The summed E-state index contributed by atoms with van der Waals surface area (Å²) in [4.78, 5) is 0. The van der Waals surface area contributed by atoms with Crippen molar-refractivity contribution < 1.29 is 10.2 Å². The summed E-state index contributed by atoms with van der Waals surface area (Å²) >= 11 is 11.7. The van der Waals surface area contributed by atoms with Crippen molar-refractivity contribution in [3.05, 3.63) is 46.4 Å². The summed E-state index contributed by atoms with van der Waals surface area (Å²) in [6.07, 6.45) is 0. The van der Waals surface area contributed by atoms with Crippen molar-refractivity contribution in [3.63, 3.8) is 0 Å². The number of aromatic hydroxyl groups is 2. The van der Waals surface area contributed by atoms with Crippen LogP contribution in [-0.4, -0.2) is 10.2 Å². The van der Waals surface area contributed by atoms with E-state index in [2.05, 4.69) is 0 Å². The summed E-state index contributed by atoms with van der Waals surface area (Å²) in [5.41, 5.74) is 1.28. The maximum absolute atomic E-state index is 9.79. The number of hydrogen-bond donors (Lipinski definition) is 2. The first-order chi connectivity index (χ1) is 7.58. The number of hydrogen-bond acceptors (Lipinski definition) is 2. The van der Waals surface area contributed by atoms with Gasteiger partial charge in [0.2, 0.25) is 0 Å². The second-order valence-corrected chi connectivity index (χ2v) is 4.17. The molecule has 16 heavy (non-hydrogen) atoms. The van der Waals surface area contributed by atoms with Crippen LogP contribution in [-0.2, 0) is 0 Å². The Hall–Kier alpha value is -1.38. The van der Waals surface area contributed by atoms with Crippen LogP contribution in [0.5, 0.6) is 11.5 Å². The average Bonchev–Trinajstić information content (AvgIpc) is 2.25. The minimum Gasteiger partial charge on any atom is -0.508 e. The van der Waals surface area contributed by atoms with Crippen molar-refractivity contribution >= 4 is 23.2 Å². The zero-order valence-corrected chi connectivity index (χ0v) is 9.63. The summed E-state index contributed by atoms with van der Waals surface area (Å²) in [7, 11) is 0. The molecule has 82 valence electrons. The van der Waals surface area contributed by atoms with E-state index in [1.165, 1.54) is 18.2 Å². The van der Waals surface area contributed by atoms with Gasteiger partial charge >= 0.3 is 0 Å². The van der Waals surface area contributed by atoms with Crippen LogP contribution in [0.4, 0.5) is 0 Å². The Balaban J connectivity index is 2.59. The Labute approximate surface area is 103 Å². The van der Waals surface area contributed by atoms with Crippen molar-refractivity contribution in [2.75, 3.05) is 0 Å². The van der Waals surface area contributed by atoms with Gasteiger partial charge in [-0.25, -0.2) is 0 Å². The first-order valence-corrected chi connectivity index (χ1v) is 5.31. The molecular weight excluding hydrogens is 247 g/mol. The molecule has 0 aliphatic heterocycles. The third-order valence-electron chi connectivity index (χ3n) is 2.21. The van der Waals surface area contributed by atoms with Crippen LogP contribution in [0.1, 0.15) is 0 Å². The number of halogens is 2. The molecule has 2 N–H and O–H groups in total. The third kappa shape index (κ3) is 2.08. The molecule has 0 fully saturated rings. The van der Waals surface area contributed by atoms with Crippen LogP contribution in [0.2, 0.25) is 10.0 Å². The lowest BCUT2D eigenvalue weighted by Crippen LogP contribution is -1.80.